The lowest BCUT2D eigenvalue weighted by Gasteiger charge is -2.16. The standard InChI is InChI=1S/C14H20O4/c1-4-18-13-8-10(5-6-12(13)15)7-11(9(2)3)14(16)17/h5-6,8-9,11,15H,4,7H2,1-3H3,(H,16,17). The zero-order valence-electron chi connectivity index (χ0n) is 11.0. The maximum atomic E-state index is 11.1. The predicted octanol–water partition coefficient (Wildman–Crippen LogP) is 2.69. The van der Waals surface area contributed by atoms with E-state index in [0.717, 1.165) is 5.56 Å². The van der Waals surface area contributed by atoms with Crippen molar-refractivity contribution in [3.05, 3.63) is 23.8 Å². The van der Waals surface area contributed by atoms with Gasteiger partial charge in [0.15, 0.2) is 11.5 Å². The van der Waals surface area contributed by atoms with Crippen LogP contribution in [0.3, 0.4) is 0 Å². The highest BCUT2D eigenvalue weighted by molar-refractivity contribution is 5.70. The van der Waals surface area contributed by atoms with Crippen LogP contribution in [0.25, 0.3) is 0 Å². The molecule has 0 radical (unpaired) electrons. The van der Waals surface area contributed by atoms with Crippen molar-refractivity contribution in [2.24, 2.45) is 11.8 Å². The first-order chi connectivity index (χ1) is 8.45. The van der Waals surface area contributed by atoms with Crippen LogP contribution in [-0.2, 0) is 11.2 Å². The maximum absolute atomic E-state index is 11.1. The number of hydrogen-bond acceptors (Lipinski definition) is 3. The van der Waals surface area contributed by atoms with E-state index < -0.39 is 11.9 Å². The van der Waals surface area contributed by atoms with E-state index in [1.807, 2.05) is 20.8 Å². The summed E-state index contributed by atoms with van der Waals surface area (Å²) < 4.78 is 5.28. The molecule has 4 heteroatoms. The lowest BCUT2D eigenvalue weighted by atomic mass is 9.89. The summed E-state index contributed by atoms with van der Waals surface area (Å²) in [7, 11) is 0. The van der Waals surface area contributed by atoms with Crippen molar-refractivity contribution in [2.75, 3.05) is 6.61 Å². The summed E-state index contributed by atoms with van der Waals surface area (Å²) in [5, 5.41) is 18.7. The molecule has 0 bridgehead atoms. The van der Waals surface area contributed by atoms with Gasteiger partial charge < -0.3 is 14.9 Å². The number of hydrogen-bond donors (Lipinski definition) is 2. The third kappa shape index (κ3) is 3.65. The molecule has 0 saturated carbocycles. The second-order valence-corrected chi connectivity index (χ2v) is 4.63. The van der Waals surface area contributed by atoms with E-state index in [0.29, 0.717) is 18.8 Å². The largest absolute Gasteiger partial charge is 0.504 e. The summed E-state index contributed by atoms with van der Waals surface area (Å²) in [4.78, 5) is 11.1. The Bertz CT molecular complexity index is 412. The van der Waals surface area contributed by atoms with Gasteiger partial charge in [0.2, 0.25) is 0 Å². The van der Waals surface area contributed by atoms with Crippen molar-refractivity contribution in [2.45, 2.75) is 27.2 Å². The molecule has 0 saturated heterocycles. The smallest absolute Gasteiger partial charge is 0.307 e. The topological polar surface area (TPSA) is 66.8 Å². The molecule has 0 heterocycles. The van der Waals surface area contributed by atoms with Crippen molar-refractivity contribution in [3.8, 4) is 11.5 Å². The van der Waals surface area contributed by atoms with E-state index >= 15 is 0 Å². The van der Waals surface area contributed by atoms with Crippen LogP contribution in [0.1, 0.15) is 26.3 Å². The van der Waals surface area contributed by atoms with E-state index in [-0.39, 0.29) is 11.7 Å². The van der Waals surface area contributed by atoms with Gasteiger partial charge in [-0.15, -0.1) is 0 Å². The molecule has 1 aromatic rings. The number of phenols is 1. The molecule has 100 valence electrons. The molecule has 0 spiro atoms. The van der Waals surface area contributed by atoms with Gasteiger partial charge in [-0.2, -0.15) is 0 Å². The Balaban J connectivity index is 2.89. The van der Waals surface area contributed by atoms with Crippen LogP contribution < -0.4 is 4.74 Å². The Morgan fingerprint density at radius 2 is 2.06 bits per heavy atom. The maximum Gasteiger partial charge on any atom is 0.307 e. The molecule has 2 N–H and O–H groups in total. The molecule has 0 aliphatic heterocycles. The number of rotatable bonds is 6. The van der Waals surface area contributed by atoms with E-state index in [1.54, 1.807) is 18.2 Å². The summed E-state index contributed by atoms with van der Waals surface area (Å²) >= 11 is 0. The van der Waals surface area contributed by atoms with Crippen LogP contribution in [-0.4, -0.2) is 22.8 Å². The number of ether oxygens (including phenoxy) is 1. The van der Waals surface area contributed by atoms with Crippen molar-refractivity contribution >= 4 is 5.97 Å². The summed E-state index contributed by atoms with van der Waals surface area (Å²) in [6.45, 7) is 6.08. The average Bonchev–Trinajstić information content (AvgIpc) is 2.29. The van der Waals surface area contributed by atoms with Gasteiger partial charge in [-0.05, 0) is 37.0 Å². The molecule has 1 aromatic carbocycles. The minimum absolute atomic E-state index is 0.0619. The first-order valence-electron chi connectivity index (χ1n) is 6.13. The van der Waals surface area contributed by atoms with Gasteiger partial charge in [0.1, 0.15) is 0 Å². The fourth-order valence-corrected chi connectivity index (χ4v) is 1.82. The lowest BCUT2D eigenvalue weighted by molar-refractivity contribution is -0.143. The average molecular weight is 252 g/mol. The van der Waals surface area contributed by atoms with E-state index in [4.69, 9.17) is 9.84 Å². The summed E-state index contributed by atoms with van der Waals surface area (Å²) in [6, 6.07) is 4.98. The van der Waals surface area contributed by atoms with Gasteiger partial charge in [0, 0.05) is 0 Å². The highest BCUT2D eigenvalue weighted by Gasteiger charge is 2.22. The molecule has 4 nitrogen and oxygen atoms in total. The molecule has 0 fully saturated rings. The Morgan fingerprint density at radius 3 is 2.56 bits per heavy atom. The first-order valence-corrected chi connectivity index (χ1v) is 6.13. The number of benzene rings is 1. The van der Waals surface area contributed by atoms with E-state index in [2.05, 4.69) is 0 Å². The third-order valence-corrected chi connectivity index (χ3v) is 2.90. The second kappa shape index (κ2) is 6.28. The number of aromatic hydroxyl groups is 1. The van der Waals surface area contributed by atoms with Gasteiger partial charge in [-0.3, -0.25) is 4.79 Å². The lowest BCUT2D eigenvalue weighted by Crippen LogP contribution is -2.22. The Labute approximate surface area is 107 Å². The SMILES string of the molecule is CCOc1cc(CC(C(=O)O)C(C)C)ccc1O. The Hall–Kier alpha value is -1.71. The van der Waals surface area contributed by atoms with Crippen LogP contribution in [0.4, 0.5) is 0 Å². The third-order valence-electron chi connectivity index (χ3n) is 2.90. The van der Waals surface area contributed by atoms with Crippen LogP contribution >= 0.6 is 0 Å². The van der Waals surface area contributed by atoms with Gasteiger partial charge in [-0.25, -0.2) is 0 Å². The minimum Gasteiger partial charge on any atom is -0.504 e. The van der Waals surface area contributed by atoms with Gasteiger partial charge in [0.05, 0.1) is 12.5 Å². The first kappa shape index (κ1) is 14.4. The molecule has 0 aromatic heterocycles. The molecular weight excluding hydrogens is 232 g/mol. The second-order valence-electron chi connectivity index (χ2n) is 4.63. The van der Waals surface area contributed by atoms with E-state index in [1.165, 1.54) is 0 Å². The number of carbonyl (C=O) groups is 1. The summed E-state index contributed by atoms with van der Waals surface area (Å²) in [6.07, 6.45) is 0.438. The van der Waals surface area contributed by atoms with E-state index in [9.17, 15) is 9.90 Å². The fourth-order valence-electron chi connectivity index (χ4n) is 1.82. The van der Waals surface area contributed by atoms with Crippen molar-refractivity contribution in [1.82, 2.24) is 0 Å². The molecular formula is C14H20O4. The summed E-state index contributed by atoms with van der Waals surface area (Å²) in [5.74, 6) is -0.674. The van der Waals surface area contributed by atoms with Gasteiger partial charge in [-0.1, -0.05) is 19.9 Å². The van der Waals surface area contributed by atoms with Gasteiger partial charge in [0.25, 0.3) is 0 Å². The Morgan fingerprint density at radius 1 is 1.39 bits per heavy atom. The molecule has 0 aliphatic carbocycles. The fraction of sp³-hybridized carbons (Fsp3) is 0.500. The van der Waals surface area contributed by atoms with Gasteiger partial charge >= 0.3 is 5.97 Å². The molecule has 1 unspecified atom stereocenters. The molecule has 0 aliphatic rings. The number of phenolic OH excluding ortho intramolecular Hbond substituents is 1. The normalized spacial score (nSPS) is 12.4. The Kier molecular flexibility index (Phi) is 5.01. The molecule has 18 heavy (non-hydrogen) atoms. The zero-order chi connectivity index (χ0) is 13.7. The molecule has 1 atom stereocenters. The van der Waals surface area contributed by atoms with Crippen LogP contribution in [0, 0.1) is 11.8 Å². The van der Waals surface area contributed by atoms with Crippen LogP contribution in [0.5, 0.6) is 11.5 Å². The molecule has 1 rings (SSSR count). The quantitative estimate of drug-likeness (QED) is 0.816. The molecule has 0 amide bonds. The highest BCUT2D eigenvalue weighted by Crippen LogP contribution is 2.28. The van der Waals surface area contributed by atoms with Crippen molar-refractivity contribution in [3.63, 3.8) is 0 Å². The van der Waals surface area contributed by atoms with Crippen LogP contribution in [0.2, 0.25) is 0 Å². The zero-order valence-corrected chi connectivity index (χ0v) is 11.0. The number of carboxylic acid groups (broad SMARTS) is 1. The highest BCUT2D eigenvalue weighted by atomic mass is 16.5. The number of carboxylic acids is 1. The number of aliphatic carboxylic acids is 1. The summed E-state index contributed by atoms with van der Waals surface area (Å²) in [5.41, 5.74) is 0.859. The monoisotopic (exact) mass is 252 g/mol. The van der Waals surface area contributed by atoms with Crippen LogP contribution in [0.15, 0.2) is 18.2 Å². The predicted molar refractivity (Wildman–Crippen MR) is 68.9 cm³/mol. The van der Waals surface area contributed by atoms with Crippen molar-refractivity contribution < 1.29 is 19.7 Å². The van der Waals surface area contributed by atoms with Crippen molar-refractivity contribution in [1.29, 1.82) is 0 Å². The minimum atomic E-state index is -0.795.